The first-order chi connectivity index (χ1) is 8.58. The number of anilines is 2. The molecule has 18 heavy (non-hydrogen) atoms. The fourth-order valence-corrected chi connectivity index (χ4v) is 2.38. The summed E-state index contributed by atoms with van der Waals surface area (Å²) >= 11 is 0. The largest absolute Gasteiger partial charge is 0.373 e. The third-order valence-electron chi connectivity index (χ3n) is 3.97. The van der Waals surface area contributed by atoms with Crippen LogP contribution < -0.4 is 10.2 Å². The normalized spacial score (nSPS) is 16.5. The van der Waals surface area contributed by atoms with Gasteiger partial charge in [-0.25, -0.2) is 9.97 Å². The average molecular weight is 248 g/mol. The lowest BCUT2D eigenvalue weighted by Gasteiger charge is -2.28. The summed E-state index contributed by atoms with van der Waals surface area (Å²) in [5.41, 5.74) is 1.14. The van der Waals surface area contributed by atoms with Gasteiger partial charge in [-0.15, -0.1) is 0 Å². The molecular formula is C14H24N4. The van der Waals surface area contributed by atoms with E-state index in [1.54, 1.807) is 0 Å². The van der Waals surface area contributed by atoms with E-state index in [2.05, 4.69) is 43.0 Å². The van der Waals surface area contributed by atoms with E-state index in [0.29, 0.717) is 6.04 Å². The van der Waals surface area contributed by atoms with Gasteiger partial charge in [0.25, 0.3) is 0 Å². The van der Waals surface area contributed by atoms with Crippen molar-refractivity contribution < 1.29 is 0 Å². The zero-order valence-electron chi connectivity index (χ0n) is 12.1. The van der Waals surface area contributed by atoms with Gasteiger partial charge in [-0.1, -0.05) is 6.92 Å². The summed E-state index contributed by atoms with van der Waals surface area (Å²) in [4.78, 5) is 11.5. The Hall–Kier alpha value is -1.32. The number of hydrogen-bond acceptors (Lipinski definition) is 4. The van der Waals surface area contributed by atoms with Crippen LogP contribution >= 0.6 is 0 Å². The standard InChI is InChI=1S/C14H24N4/c1-6-12-16-13(15-4)9(2)14(17-12)18(5)10(3)11-7-8-11/h10-11H,6-8H2,1-5H3,(H,15,16,17). The van der Waals surface area contributed by atoms with Gasteiger partial charge in [-0.2, -0.15) is 0 Å². The Balaban J connectivity index is 2.35. The van der Waals surface area contributed by atoms with E-state index in [4.69, 9.17) is 4.98 Å². The van der Waals surface area contributed by atoms with E-state index in [-0.39, 0.29) is 0 Å². The van der Waals surface area contributed by atoms with Crippen molar-refractivity contribution in [2.45, 2.75) is 46.1 Å². The molecule has 0 amide bonds. The lowest BCUT2D eigenvalue weighted by atomic mass is 10.1. The maximum absolute atomic E-state index is 4.71. The molecule has 1 saturated carbocycles. The molecule has 1 aliphatic carbocycles. The molecule has 0 saturated heterocycles. The first-order valence-electron chi connectivity index (χ1n) is 6.86. The van der Waals surface area contributed by atoms with E-state index in [0.717, 1.165) is 35.4 Å². The molecule has 1 N–H and O–H groups in total. The van der Waals surface area contributed by atoms with Crippen LogP contribution in [0.4, 0.5) is 11.6 Å². The highest BCUT2D eigenvalue weighted by molar-refractivity contribution is 5.58. The summed E-state index contributed by atoms with van der Waals surface area (Å²) in [5.74, 6) is 3.78. The predicted octanol–water partition coefficient (Wildman–Crippen LogP) is 2.62. The molecule has 100 valence electrons. The first kappa shape index (κ1) is 13.1. The minimum Gasteiger partial charge on any atom is -0.373 e. The van der Waals surface area contributed by atoms with Crippen LogP contribution in [0.2, 0.25) is 0 Å². The SMILES string of the molecule is CCc1nc(NC)c(C)c(N(C)C(C)C2CC2)n1. The summed E-state index contributed by atoms with van der Waals surface area (Å²) in [6.07, 6.45) is 3.58. The van der Waals surface area contributed by atoms with Gasteiger partial charge in [-0.3, -0.25) is 0 Å². The van der Waals surface area contributed by atoms with Crippen molar-refractivity contribution in [3.05, 3.63) is 11.4 Å². The molecule has 1 atom stereocenters. The molecular weight excluding hydrogens is 224 g/mol. The van der Waals surface area contributed by atoms with Gasteiger partial charge in [0.05, 0.1) is 0 Å². The van der Waals surface area contributed by atoms with Gasteiger partial charge in [0.2, 0.25) is 0 Å². The van der Waals surface area contributed by atoms with Crippen LogP contribution in [0, 0.1) is 12.8 Å². The van der Waals surface area contributed by atoms with Crippen molar-refractivity contribution in [2.24, 2.45) is 5.92 Å². The molecule has 1 unspecified atom stereocenters. The number of nitrogens with one attached hydrogen (secondary N) is 1. The van der Waals surface area contributed by atoms with Gasteiger partial charge >= 0.3 is 0 Å². The Morgan fingerprint density at radius 3 is 2.56 bits per heavy atom. The van der Waals surface area contributed by atoms with Crippen molar-refractivity contribution in [3.63, 3.8) is 0 Å². The van der Waals surface area contributed by atoms with Crippen LogP contribution in [0.25, 0.3) is 0 Å². The molecule has 1 aliphatic rings. The van der Waals surface area contributed by atoms with Crippen LogP contribution in [0.15, 0.2) is 0 Å². The van der Waals surface area contributed by atoms with Crippen molar-refractivity contribution >= 4 is 11.6 Å². The molecule has 1 aromatic heterocycles. The highest BCUT2D eigenvalue weighted by Gasteiger charge is 2.32. The zero-order chi connectivity index (χ0) is 13.3. The maximum Gasteiger partial charge on any atom is 0.137 e. The predicted molar refractivity (Wildman–Crippen MR) is 76.3 cm³/mol. The molecule has 0 bridgehead atoms. The quantitative estimate of drug-likeness (QED) is 0.869. The smallest absolute Gasteiger partial charge is 0.137 e. The van der Waals surface area contributed by atoms with Crippen LogP contribution in [0.5, 0.6) is 0 Å². The number of hydrogen-bond donors (Lipinski definition) is 1. The minimum absolute atomic E-state index is 0.563. The van der Waals surface area contributed by atoms with Crippen molar-refractivity contribution in [1.29, 1.82) is 0 Å². The summed E-state index contributed by atoms with van der Waals surface area (Å²) in [6.45, 7) is 6.48. The van der Waals surface area contributed by atoms with Gasteiger partial charge in [-0.05, 0) is 32.6 Å². The lowest BCUT2D eigenvalue weighted by molar-refractivity contribution is 0.601. The van der Waals surface area contributed by atoms with Crippen molar-refractivity contribution in [2.75, 3.05) is 24.3 Å². The van der Waals surface area contributed by atoms with Gasteiger partial charge in [0, 0.05) is 32.1 Å². The molecule has 0 aromatic carbocycles. The molecule has 0 aliphatic heterocycles. The third kappa shape index (κ3) is 2.42. The second-order valence-electron chi connectivity index (χ2n) is 5.23. The molecule has 4 heteroatoms. The Morgan fingerprint density at radius 2 is 2.06 bits per heavy atom. The highest BCUT2D eigenvalue weighted by atomic mass is 15.2. The first-order valence-corrected chi connectivity index (χ1v) is 6.86. The van der Waals surface area contributed by atoms with E-state index < -0.39 is 0 Å². The number of aryl methyl sites for hydroxylation is 1. The van der Waals surface area contributed by atoms with Gasteiger partial charge in [0.1, 0.15) is 17.5 Å². The fraction of sp³-hybridized carbons (Fsp3) is 0.714. The zero-order valence-corrected chi connectivity index (χ0v) is 12.1. The molecule has 1 heterocycles. The summed E-state index contributed by atoms with van der Waals surface area (Å²) in [6, 6.07) is 0.563. The molecule has 4 nitrogen and oxygen atoms in total. The monoisotopic (exact) mass is 248 g/mol. The van der Waals surface area contributed by atoms with Crippen LogP contribution in [0.3, 0.4) is 0 Å². The van der Waals surface area contributed by atoms with Crippen LogP contribution in [0.1, 0.15) is 38.1 Å². The average Bonchev–Trinajstić information content (AvgIpc) is 3.21. The highest BCUT2D eigenvalue weighted by Crippen LogP contribution is 2.37. The number of aromatic nitrogens is 2. The molecule has 0 spiro atoms. The van der Waals surface area contributed by atoms with Crippen molar-refractivity contribution in [1.82, 2.24) is 9.97 Å². The molecule has 0 radical (unpaired) electrons. The Kier molecular flexibility index (Phi) is 3.73. The summed E-state index contributed by atoms with van der Waals surface area (Å²) in [5, 5.41) is 3.17. The number of rotatable bonds is 5. The van der Waals surface area contributed by atoms with E-state index >= 15 is 0 Å². The van der Waals surface area contributed by atoms with E-state index in [9.17, 15) is 0 Å². The third-order valence-corrected chi connectivity index (χ3v) is 3.97. The Morgan fingerprint density at radius 1 is 1.39 bits per heavy atom. The summed E-state index contributed by atoms with van der Waals surface area (Å²) in [7, 11) is 4.07. The van der Waals surface area contributed by atoms with E-state index in [1.165, 1.54) is 12.8 Å². The Labute approximate surface area is 110 Å². The summed E-state index contributed by atoms with van der Waals surface area (Å²) < 4.78 is 0. The topological polar surface area (TPSA) is 41.1 Å². The molecule has 1 fully saturated rings. The fourth-order valence-electron chi connectivity index (χ4n) is 2.38. The van der Waals surface area contributed by atoms with Gasteiger partial charge < -0.3 is 10.2 Å². The minimum atomic E-state index is 0.563. The molecule has 2 rings (SSSR count). The van der Waals surface area contributed by atoms with Crippen LogP contribution in [-0.4, -0.2) is 30.1 Å². The maximum atomic E-state index is 4.71. The van der Waals surface area contributed by atoms with Crippen molar-refractivity contribution in [3.8, 4) is 0 Å². The number of nitrogens with zero attached hydrogens (tertiary/aromatic N) is 3. The molecule has 1 aromatic rings. The van der Waals surface area contributed by atoms with Crippen LogP contribution in [-0.2, 0) is 6.42 Å². The van der Waals surface area contributed by atoms with Gasteiger partial charge in [0.15, 0.2) is 0 Å². The van der Waals surface area contributed by atoms with E-state index in [1.807, 2.05) is 7.05 Å². The second kappa shape index (κ2) is 5.12. The second-order valence-corrected chi connectivity index (χ2v) is 5.23. The lowest BCUT2D eigenvalue weighted by Crippen LogP contribution is -2.32. The Bertz CT molecular complexity index is 426.